The molecule has 1 atom stereocenters. The lowest BCUT2D eigenvalue weighted by Crippen LogP contribution is -2.52. The van der Waals surface area contributed by atoms with E-state index in [9.17, 15) is 27.6 Å². The number of carbonyl (C=O) groups is 3. The third-order valence-corrected chi connectivity index (χ3v) is 7.36. The summed E-state index contributed by atoms with van der Waals surface area (Å²) in [6.45, 7) is 2.23. The van der Waals surface area contributed by atoms with Crippen LogP contribution >= 0.6 is 0 Å². The lowest BCUT2D eigenvalue weighted by molar-refractivity contribution is -0.145. The predicted octanol–water partition coefficient (Wildman–Crippen LogP) is 2.65. The number of hydrogen-bond acceptors (Lipinski definition) is 7. The summed E-state index contributed by atoms with van der Waals surface area (Å²) in [6, 6.07) is 12.3. The molecule has 0 bridgehead atoms. The van der Waals surface area contributed by atoms with Crippen molar-refractivity contribution in [2.75, 3.05) is 6.54 Å². The molecule has 3 aliphatic rings. The summed E-state index contributed by atoms with van der Waals surface area (Å²) in [6.07, 6.45) is -4.08. The van der Waals surface area contributed by atoms with Gasteiger partial charge in [-0.1, -0.05) is 30.3 Å². The highest BCUT2D eigenvalue weighted by Crippen LogP contribution is 2.34. The molecule has 3 aromatic rings. The normalized spacial score (nSPS) is 19.4. The fraction of sp³-hybridized carbons (Fsp3) is 0.370. The summed E-state index contributed by atoms with van der Waals surface area (Å²) in [5, 5.41) is 5.87. The maximum Gasteiger partial charge on any atom is 0.453 e. The second-order valence-electron chi connectivity index (χ2n) is 10.1. The van der Waals surface area contributed by atoms with E-state index in [1.165, 1.54) is 9.58 Å². The van der Waals surface area contributed by atoms with E-state index in [1.807, 2.05) is 29.2 Å². The molecule has 0 saturated carbocycles. The third-order valence-electron chi connectivity index (χ3n) is 7.36. The summed E-state index contributed by atoms with van der Waals surface area (Å²) in [5.74, 6) is -1.30. The number of alkyl halides is 3. The topological polar surface area (TPSA) is 110 Å². The number of halogens is 3. The molecular weight excluding hydrogens is 529 g/mol. The quantitative estimate of drug-likeness (QED) is 0.467. The van der Waals surface area contributed by atoms with Crippen LogP contribution in [0.2, 0.25) is 0 Å². The molecule has 2 aromatic carbocycles. The van der Waals surface area contributed by atoms with Crippen LogP contribution < -0.4 is 10.1 Å². The third kappa shape index (κ3) is 5.04. The fourth-order valence-electron chi connectivity index (χ4n) is 5.29. The molecule has 10 nitrogen and oxygen atoms in total. The molecule has 4 heterocycles. The number of ether oxygens (including phenoxy) is 1. The predicted molar refractivity (Wildman–Crippen MR) is 132 cm³/mol. The van der Waals surface area contributed by atoms with Gasteiger partial charge in [0.1, 0.15) is 24.2 Å². The molecule has 208 valence electrons. The largest absolute Gasteiger partial charge is 0.489 e. The van der Waals surface area contributed by atoms with Crippen LogP contribution in [0.15, 0.2) is 42.5 Å². The van der Waals surface area contributed by atoms with Crippen molar-refractivity contribution >= 4 is 17.7 Å². The maximum atomic E-state index is 13.0. The van der Waals surface area contributed by atoms with E-state index in [-0.39, 0.29) is 37.9 Å². The molecule has 3 aliphatic heterocycles. The minimum Gasteiger partial charge on any atom is -0.489 e. The van der Waals surface area contributed by atoms with E-state index in [1.54, 1.807) is 18.2 Å². The summed E-state index contributed by atoms with van der Waals surface area (Å²) in [7, 11) is 0. The lowest BCUT2D eigenvalue weighted by atomic mass is 10.0. The van der Waals surface area contributed by atoms with Crippen molar-refractivity contribution in [2.24, 2.45) is 0 Å². The van der Waals surface area contributed by atoms with E-state index in [2.05, 4.69) is 15.4 Å². The van der Waals surface area contributed by atoms with Gasteiger partial charge in [0.25, 0.3) is 11.7 Å². The molecule has 6 rings (SSSR count). The number of rotatable bonds is 6. The number of fused-ring (bicyclic) bond motifs is 2. The van der Waals surface area contributed by atoms with Gasteiger partial charge < -0.3 is 9.64 Å². The zero-order chi connectivity index (χ0) is 28.0. The van der Waals surface area contributed by atoms with Gasteiger partial charge >= 0.3 is 6.18 Å². The van der Waals surface area contributed by atoms with Crippen LogP contribution in [-0.4, -0.2) is 54.9 Å². The molecule has 0 aliphatic carbocycles. The Labute approximate surface area is 226 Å². The second kappa shape index (κ2) is 10.0. The average Bonchev–Trinajstić information content (AvgIpc) is 3.50. The van der Waals surface area contributed by atoms with Crippen LogP contribution in [0.3, 0.4) is 0 Å². The van der Waals surface area contributed by atoms with Crippen molar-refractivity contribution in [3.8, 4) is 5.75 Å². The zero-order valence-corrected chi connectivity index (χ0v) is 21.3. The number of aromatic nitrogens is 3. The molecular formula is C27H25F3N6O4. The van der Waals surface area contributed by atoms with Crippen molar-refractivity contribution in [3.05, 3.63) is 76.4 Å². The van der Waals surface area contributed by atoms with Crippen molar-refractivity contribution in [1.29, 1.82) is 0 Å². The number of amides is 3. The Hall–Kier alpha value is -4.26. The fourth-order valence-corrected chi connectivity index (χ4v) is 5.29. The molecule has 1 fully saturated rings. The minimum absolute atomic E-state index is 0.189. The summed E-state index contributed by atoms with van der Waals surface area (Å²) < 4.78 is 46.2. The molecule has 40 heavy (non-hydrogen) atoms. The van der Waals surface area contributed by atoms with Gasteiger partial charge in [0, 0.05) is 30.6 Å². The second-order valence-corrected chi connectivity index (χ2v) is 10.1. The van der Waals surface area contributed by atoms with E-state index in [0.29, 0.717) is 48.8 Å². The van der Waals surface area contributed by atoms with Crippen LogP contribution in [0.4, 0.5) is 13.2 Å². The number of piperidine rings is 1. The number of benzene rings is 2. The van der Waals surface area contributed by atoms with Gasteiger partial charge in [-0.3, -0.25) is 24.6 Å². The number of nitrogens with zero attached hydrogens (tertiary/aromatic N) is 5. The van der Waals surface area contributed by atoms with Gasteiger partial charge in [0.2, 0.25) is 11.8 Å². The summed E-state index contributed by atoms with van der Waals surface area (Å²) in [5.41, 5.74) is 3.09. The zero-order valence-electron chi connectivity index (χ0n) is 21.3. The highest BCUT2D eigenvalue weighted by Gasteiger charge is 2.40. The average molecular weight is 555 g/mol. The molecule has 3 amide bonds. The highest BCUT2D eigenvalue weighted by molar-refractivity contribution is 6.05. The van der Waals surface area contributed by atoms with Crippen LogP contribution in [0, 0.1) is 0 Å². The Balaban J connectivity index is 1.07. The van der Waals surface area contributed by atoms with Gasteiger partial charge in [-0.05, 0) is 29.7 Å². The van der Waals surface area contributed by atoms with E-state index in [0.717, 1.165) is 11.1 Å². The lowest BCUT2D eigenvalue weighted by Gasteiger charge is -2.29. The van der Waals surface area contributed by atoms with Crippen LogP contribution in [-0.2, 0) is 48.6 Å². The molecule has 13 heteroatoms. The first-order valence-electron chi connectivity index (χ1n) is 12.9. The Bertz CT molecular complexity index is 1490. The molecule has 0 radical (unpaired) electrons. The molecule has 0 spiro atoms. The Morgan fingerprint density at radius 1 is 1.00 bits per heavy atom. The summed E-state index contributed by atoms with van der Waals surface area (Å²) in [4.78, 5) is 44.0. The molecule has 1 aromatic heterocycles. The Morgan fingerprint density at radius 2 is 1.77 bits per heavy atom. The van der Waals surface area contributed by atoms with Crippen LogP contribution in [0.25, 0.3) is 0 Å². The number of carbonyl (C=O) groups excluding carboxylic acids is 3. The first-order chi connectivity index (χ1) is 19.2. The van der Waals surface area contributed by atoms with Gasteiger partial charge in [0.15, 0.2) is 0 Å². The first kappa shape index (κ1) is 26.0. The minimum atomic E-state index is -4.56. The molecule has 1 unspecified atom stereocenters. The number of nitrogens with one attached hydrogen (secondary N) is 1. The van der Waals surface area contributed by atoms with Gasteiger partial charge in [-0.2, -0.15) is 13.2 Å². The standard InChI is InChI=1S/C27H25F3N6O4/c28-27(29,30)26-31-22-14-34(10-11-36(22)33-26)12-16-4-6-17(7-5-16)15-40-21-3-1-2-18-19(21)13-35(25(18)39)20-8-9-23(37)32-24(20)38/h1-7,20H,8-15H2,(H,32,37,38). The van der Waals surface area contributed by atoms with Crippen molar-refractivity contribution in [1.82, 2.24) is 29.9 Å². The summed E-state index contributed by atoms with van der Waals surface area (Å²) >= 11 is 0. The Kier molecular flexibility index (Phi) is 6.53. The number of hydrogen-bond donors (Lipinski definition) is 1. The van der Waals surface area contributed by atoms with Crippen molar-refractivity contribution in [3.63, 3.8) is 0 Å². The smallest absolute Gasteiger partial charge is 0.453 e. The number of imide groups is 1. The van der Waals surface area contributed by atoms with Gasteiger partial charge in [-0.15, -0.1) is 5.10 Å². The van der Waals surface area contributed by atoms with Crippen molar-refractivity contribution in [2.45, 2.75) is 57.8 Å². The highest BCUT2D eigenvalue weighted by atomic mass is 19.4. The van der Waals surface area contributed by atoms with Gasteiger partial charge in [0.05, 0.1) is 19.6 Å². The van der Waals surface area contributed by atoms with Crippen LogP contribution in [0.5, 0.6) is 5.75 Å². The molecule has 1 saturated heterocycles. The van der Waals surface area contributed by atoms with E-state index >= 15 is 0 Å². The molecule has 1 N–H and O–H groups in total. The van der Waals surface area contributed by atoms with Crippen LogP contribution in [0.1, 0.15) is 51.5 Å². The first-order valence-corrected chi connectivity index (χ1v) is 12.9. The SMILES string of the molecule is O=C1CCC(N2Cc3c(OCc4ccc(CN5CCn6nc(C(F)(F)F)nc6C5)cc4)cccc3C2=O)C(=O)N1. The maximum absolute atomic E-state index is 13.0. The monoisotopic (exact) mass is 554 g/mol. The van der Waals surface area contributed by atoms with Crippen molar-refractivity contribution < 1.29 is 32.3 Å². The van der Waals surface area contributed by atoms with E-state index in [4.69, 9.17) is 4.74 Å². The van der Waals surface area contributed by atoms with Gasteiger partial charge in [-0.25, -0.2) is 9.67 Å². The Morgan fingerprint density at radius 3 is 2.52 bits per heavy atom. The van der Waals surface area contributed by atoms with E-state index < -0.39 is 23.9 Å².